The molecule has 1 amide bonds. The van der Waals surface area contributed by atoms with Crippen molar-refractivity contribution in [3.8, 4) is 0 Å². The second kappa shape index (κ2) is 6.70. The SMILES string of the molecule is O=C(N[C@H](c1ccc(Cl)cc1)C1CC1)c1ccc2c(=O)[nH]c(=S)[nH]c2c1. The minimum absolute atomic E-state index is 0.0480. The molecule has 1 fully saturated rings. The maximum absolute atomic E-state index is 12.8. The average molecular weight is 386 g/mol. The summed E-state index contributed by atoms with van der Waals surface area (Å²) in [5.74, 6) is 0.257. The van der Waals surface area contributed by atoms with E-state index in [4.69, 9.17) is 23.8 Å². The minimum atomic E-state index is -0.271. The lowest BCUT2D eigenvalue weighted by Gasteiger charge is -2.19. The topological polar surface area (TPSA) is 77.8 Å². The lowest BCUT2D eigenvalue weighted by Crippen LogP contribution is -2.30. The molecule has 1 aliphatic carbocycles. The standard InChI is InChI=1S/C19H16ClN3O2S/c20-13-6-3-11(4-7-13)16(10-1-2-10)22-17(24)12-5-8-14-15(9-12)21-19(26)23-18(14)25/h3-10,16H,1-2H2,(H,22,24)(H2,21,23,25,26)/t16-/m0/s1. The molecule has 1 saturated carbocycles. The van der Waals surface area contributed by atoms with Gasteiger partial charge in [-0.15, -0.1) is 0 Å². The van der Waals surface area contributed by atoms with Gasteiger partial charge in [0, 0.05) is 10.6 Å². The van der Waals surface area contributed by atoms with Crippen LogP contribution < -0.4 is 10.9 Å². The number of fused-ring (bicyclic) bond motifs is 1. The Balaban J connectivity index is 1.64. The summed E-state index contributed by atoms with van der Waals surface area (Å²) in [6.45, 7) is 0. The zero-order valence-corrected chi connectivity index (χ0v) is 15.3. The van der Waals surface area contributed by atoms with Crippen molar-refractivity contribution in [2.75, 3.05) is 0 Å². The predicted octanol–water partition coefficient (Wildman–Crippen LogP) is 4.12. The number of hydrogen-bond donors (Lipinski definition) is 3. The molecule has 0 bridgehead atoms. The monoisotopic (exact) mass is 385 g/mol. The van der Waals surface area contributed by atoms with Gasteiger partial charge in [0.25, 0.3) is 11.5 Å². The van der Waals surface area contributed by atoms with Crippen LogP contribution in [-0.2, 0) is 0 Å². The molecule has 5 nitrogen and oxygen atoms in total. The zero-order chi connectivity index (χ0) is 18.3. The van der Waals surface area contributed by atoms with Gasteiger partial charge in [-0.1, -0.05) is 23.7 Å². The lowest BCUT2D eigenvalue weighted by atomic mass is 10.0. The highest BCUT2D eigenvalue weighted by atomic mass is 35.5. The fourth-order valence-corrected chi connectivity index (χ4v) is 3.44. The molecule has 3 N–H and O–H groups in total. The first-order valence-corrected chi connectivity index (χ1v) is 9.12. The van der Waals surface area contributed by atoms with Crippen LogP contribution in [0.25, 0.3) is 10.9 Å². The molecule has 26 heavy (non-hydrogen) atoms. The summed E-state index contributed by atoms with van der Waals surface area (Å²) in [6, 6.07) is 12.4. The number of rotatable bonds is 4. The number of aromatic amines is 2. The van der Waals surface area contributed by atoms with Crippen LogP contribution in [0, 0.1) is 10.7 Å². The quantitative estimate of drug-likeness (QED) is 0.591. The molecule has 7 heteroatoms. The van der Waals surface area contributed by atoms with Gasteiger partial charge >= 0.3 is 0 Å². The van der Waals surface area contributed by atoms with Crippen molar-refractivity contribution < 1.29 is 4.79 Å². The van der Waals surface area contributed by atoms with E-state index in [2.05, 4.69) is 15.3 Å². The number of carbonyl (C=O) groups is 1. The minimum Gasteiger partial charge on any atom is -0.345 e. The molecule has 1 heterocycles. The Morgan fingerprint density at radius 3 is 2.58 bits per heavy atom. The van der Waals surface area contributed by atoms with Crippen molar-refractivity contribution in [3.63, 3.8) is 0 Å². The first kappa shape index (κ1) is 17.0. The highest BCUT2D eigenvalue weighted by Gasteiger charge is 2.33. The fraction of sp³-hybridized carbons (Fsp3) is 0.211. The number of halogens is 1. The summed E-state index contributed by atoms with van der Waals surface area (Å²) in [4.78, 5) is 30.1. The second-order valence-electron chi connectivity index (χ2n) is 6.51. The van der Waals surface area contributed by atoms with Crippen LogP contribution in [-0.4, -0.2) is 15.9 Å². The Bertz CT molecular complexity index is 1100. The van der Waals surface area contributed by atoms with Gasteiger partial charge in [0.1, 0.15) is 0 Å². The van der Waals surface area contributed by atoms with E-state index in [-0.39, 0.29) is 22.3 Å². The van der Waals surface area contributed by atoms with Crippen molar-refractivity contribution >= 4 is 40.6 Å². The lowest BCUT2D eigenvalue weighted by molar-refractivity contribution is 0.0932. The molecule has 2 aromatic carbocycles. The molecule has 0 aliphatic heterocycles. The number of nitrogens with one attached hydrogen (secondary N) is 3. The molecule has 0 saturated heterocycles. The number of carbonyl (C=O) groups excluding carboxylic acids is 1. The highest BCUT2D eigenvalue weighted by Crippen LogP contribution is 2.41. The van der Waals surface area contributed by atoms with E-state index in [1.54, 1.807) is 18.2 Å². The number of benzene rings is 2. The fourth-order valence-electron chi connectivity index (χ4n) is 3.11. The molecule has 4 rings (SSSR count). The molecule has 132 valence electrons. The van der Waals surface area contributed by atoms with E-state index in [1.807, 2.05) is 24.3 Å². The molecular weight excluding hydrogens is 370 g/mol. The Hall–Kier alpha value is -2.44. The van der Waals surface area contributed by atoms with E-state index >= 15 is 0 Å². The van der Waals surface area contributed by atoms with Gasteiger partial charge in [0.05, 0.1) is 16.9 Å². The van der Waals surface area contributed by atoms with E-state index in [0.717, 1.165) is 18.4 Å². The first-order valence-electron chi connectivity index (χ1n) is 8.34. The summed E-state index contributed by atoms with van der Waals surface area (Å²) >= 11 is 11.0. The molecule has 1 aliphatic rings. The van der Waals surface area contributed by atoms with Crippen LogP contribution in [0.1, 0.15) is 34.8 Å². The van der Waals surface area contributed by atoms with E-state index in [0.29, 0.717) is 27.4 Å². The van der Waals surface area contributed by atoms with E-state index in [1.165, 1.54) is 0 Å². The average Bonchev–Trinajstić information content (AvgIpc) is 3.44. The molecule has 1 aromatic heterocycles. The van der Waals surface area contributed by atoms with Crippen molar-refractivity contribution in [2.24, 2.45) is 5.92 Å². The van der Waals surface area contributed by atoms with Crippen molar-refractivity contribution in [3.05, 3.63) is 73.7 Å². The number of aromatic nitrogens is 2. The maximum Gasteiger partial charge on any atom is 0.259 e. The molecule has 1 atom stereocenters. The first-order chi connectivity index (χ1) is 12.5. The molecule has 0 spiro atoms. The van der Waals surface area contributed by atoms with Crippen molar-refractivity contribution in [1.82, 2.24) is 15.3 Å². The molecule has 0 unspecified atom stereocenters. The Labute approximate surface area is 159 Å². The van der Waals surface area contributed by atoms with Crippen LogP contribution in [0.15, 0.2) is 47.3 Å². The summed E-state index contributed by atoms with van der Waals surface area (Å²) < 4.78 is 0.233. The third-order valence-electron chi connectivity index (χ3n) is 4.61. The van der Waals surface area contributed by atoms with Gasteiger partial charge in [-0.05, 0) is 66.9 Å². The third kappa shape index (κ3) is 3.43. The summed E-state index contributed by atoms with van der Waals surface area (Å²) in [5.41, 5.74) is 1.80. The van der Waals surface area contributed by atoms with E-state index in [9.17, 15) is 9.59 Å². The molecule has 0 radical (unpaired) electrons. The smallest absolute Gasteiger partial charge is 0.259 e. The third-order valence-corrected chi connectivity index (χ3v) is 5.07. The Morgan fingerprint density at radius 1 is 1.15 bits per heavy atom. The highest BCUT2D eigenvalue weighted by molar-refractivity contribution is 7.71. The summed E-state index contributed by atoms with van der Waals surface area (Å²) in [5, 5.41) is 4.25. The van der Waals surface area contributed by atoms with E-state index < -0.39 is 0 Å². The zero-order valence-electron chi connectivity index (χ0n) is 13.7. The predicted molar refractivity (Wildman–Crippen MR) is 104 cm³/mol. The normalized spacial score (nSPS) is 15.0. The summed E-state index contributed by atoms with van der Waals surface area (Å²) in [7, 11) is 0. The van der Waals surface area contributed by atoms with Crippen molar-refractivity contribution in [1.29, 1.82) is 0 Å². The van der Waals surface area contributed by atoms with Crippen LogP contribution in [0.3, 0.4) is 0 Å². The van der Waals surface area contributed by atoms with Crippen LogP contribution in [0.2, 0.25) is 5.02 Å². The van der Waals surface area contributed by atoms with Crippen LogP contribution in [0.4, 0.5) is 0 Å². The Morgan fingerprint density at radius 2 is 1.88 bits per heavy atom. The van der Waals surface area contributed by atoms with Gasteiger partial charge in [-0.2, -0.15) is 0 Å². The second-order valence-corrected chi connectivity index (χ2v) is 7.35. The summed E-state index contributed by atoms with van der Waals surface area (Å²) in [6.07, 6.45) is 2.18. The maximum atomic E-state index is 12.8. The number of H-pyrrole nitrogens is 2. The van der Waals surface area contributed by atoms with Gasteiger partial charge in [-0.25, -0.2) is 0 Å². The molecular formula is C19H16ClN3O2S. The molecule has 3 aromatic rings. The van der Waals surface area contributed by atoms with Gasteiger partial charge in [-0.3, -0.25) is 14.6 Å². The number of amides is 1. The Kier molecular flexibility index (Phi) is 4.38. The van der Waals surface area contributed by atoms with Gasteiger partial charge in [0.2, 0.25) is 0 Å². The van der Waals surface area contributed by atoms with Crippen LogP contribution in [0.5, 0.6) is 0 Å². The largest absolute Gasteiger partial charge is 0.345 e. The van der Waals surface area contributed by atoms with Crippen LogP contribution >= 0.6 is 23.8 Å². The number of hydrogen-bond acceptors (Lipinski definition) is 3. The van der Waals surface area contributed by atoms with Gasteiger partial charge < -0.3 is 10.3 Å². The van der Waals surface area contributed by atoms with Crippen molar-refractivity contribution in [2.45, 2.75) is 18.9 Å². The van der Waals surface area contributed by atoms with Gasteiger partial charge in [0.15, 0.2) is 4.77 Å².